The van der Waals surface area contributed by atoms with Crippen LogP contribution in [0.4, 0.5) is 0 Å². The Morgan fingerprint density at radius 3 is 2.78 bits per heavy atom. The summed E-state index contributed by atoms with van der Waals surface area (Å²) in [6.45, 7) is 2.46. The van der Waals surface area contributed by atoms with Gasteiger partial charge in [0.05, 0.1) is 11.5 Å². The lowest BCUT2D eigenvalue weighted by Gasteiger charge is -2.56. The molecule has 2 aromatic rings. The monoisotopic (exact) mass is 371 g/mol. The zero-order valence-corrected chi connectivity index (χ0v) is 15.6. The van der Waals surface area contributed by atoms with Gasteiger partial charge in [0.1, 0.15) is 18.2 Å². The molecule has 2 atom stereocenters. The Morgan fingerprint density at radius 1 is 1.22 bits per heavy atom. The lowest BCUT2D eigenvalue weighted by Crippen LogP contribution is -2.60. The first-order valence-corrected chi connectivity index (χ1v) is 9.77. The minimum absolute atomic E-state index is 0.0516. The number of carbonyl (C=O) groups excluding carboxylic acids is 1. The molecule has 1 aromatic carbocycles. The van der Waals surface area contributed by atoms with E-state index >= 15 is 0 Å². The van der Waals surface area contributed by atoms with Gasteiger partial charge < -0.3 is 9.47 Å². The zero-order valence-electron chi connectivity index (χ0n) is 15.6. The van der Waals surface area contributed by atoms with Gasteiger partial charge in [-0.2, -0.15) is 4.68 Å². The van der Waals surface area contributed by atoms with E-state index in [2.05, 4.69) is 10.3 Å². The standard InChI is InChI=1S/C20H25N3O4/c1-2-26-16-12-17(20(16)10-6-3-7-11-20)27-18(24)13-23-19(25)14-8-4-5-9-15(14)21-22-23/h4-5,8-9,16-17H,2-3,6-7,10-13H2,1H3/t16-,17+/m1/s1. The number of nitrogens with zero attached hydrogens (tertiary/aromatic N) is 3. The number of carbonyl (C=O) groups is 1. The number of ether oxygens (including phenoxy) is 2. The highest BCUT2D eigenvalue weighted by atomic mass is 16.6. The molecule has 4 rings (SSSR count). The summed E-state index contributed by atoms with van der Waals surface area (Å²) in [5, 5.41) is 8.34. The molecule has 7 heteroatoms. The molecule has 0 radical (unpaired) electrons. The fraction of sp³-hybridized carbons (Fsp3) is 0.600. The number of hydrogen-bond donors (Lipinski definition) is 0. The number of aromatic nitrogens is 3. The van der Waals surface area contributed by atoms with Crippen LogP contribution in [0.2, 0.25) is 0 Å². The summed E-state index contributed by atoms with van der Waals surface area (Å²) in [5.74, 6) is -0.438. The number of rotatable bonds is 5. The number of esters is 1. The summed E-state index contributed by atoms with van der Waals surface area (Å²) in [6.07, 6.45) is 6.35. The fourth-order valence-electron chi connectivity index (χ4n) is 4.61. The van der Waals surface area contributed by atoms with Crippen LogP contribution in [0, 0.1) is 5.41 Å². The maximum absolute atomic E-state index is 12.5. The molecule has 0 N–H and O–H groups in total. The third-order valence-corrected chi connectivity index (χ3v) is 6.04. The maximum atomic E-state index is 12.5. The van der Waals surface area contributed by atoms with Crippen LogP contribution < -0.4 is 5.56 Å². The predicted molar refractivity (Wildman–Crippen MR) is 99.2 cm³/mol. The lowest BCUT2D eigenvalue weighted by atomic mass is 9.56. The second-order valence-electron chi connectivity index (χ2n) is 7.52. The van der Waals surface area contributed by atoms with E-state index in [4.69, 9.17) is 9.47 Å². The highest BCUT2D eigenvalue weighted by Crippen LogP contribution is 2.54. The molecule has 2 fully saturated rings. The lowest BCUT2D eigenvalue weighted by molar-refractivity contribution is -0.223. The van der Waals surface area contributed by atoms with E-state index in [0.29, 0.717) is 17.5 Å². The first-order valence-electron chi connectivity index (χ1n) is 9.77. The van der Waals surface area contributed by atoms with E-state index in [9.17, 15) is 9.59 Å². The first-order chi connectivity index (χ1) is 13.1. The van der Waals surface area contributed by atoms with Crippen LogP contribution in [-0.2, 0) is 20.8 Å². The van der Waals surface area contributed by atoms with E-state index < -0.39 is 5.97 Å². The highest BCUT2D eigenvalue weighted by Gasteiger charge is 2.57. The average Bonchev–Trinajstić information content (AvgIpc) is 2.70. The summed E-state index contributed by atoms with van der Waals surface area (Å²) in [6, 6.07) is 6.97. The molecule has 1 heterocycles. The first kappa shape index (κ1) is 18.1. The SMILES string of the molecule is CCO[C@@H]1C[C@H](OC(=O)Cn2nnc3ccccc3c2=O)C12CCCCC2. The molecule has 2 saturated carbocycles. The number of fused-ring (bicyclic) bond motifs is 1. The average molecular weight is 371 g/mol. The van der Waals surface area contributed by atoms with Gasteiger partial charge in [-0.15, -0.1) is 5.10 Å². The van der Waals surface area contributed by atoms with E-state index in [1.807, 2.05) is 6.92 Å². The summed E-state index contributed by atoms with van der Waals surface area (Å²) in [5.41, 5.74) is 0.141. The Morgan fingerprint density at radius 2 is 2.00 bits per heavy atom. The zero-order chi connectivity index (χ0) is 18.9. The Hall–Kier alpha value is -2.28. The molecule has 0 aliphatic heterocycles. The van der Waals surface area contributed by atoms with Gasteiger partial charge in [0.15, 0.2) is 0 Å². The summed E-state index contributed by atoms with van der Waals surface area (Å²) in [7, 11) is 0. The van der Waals surface area contributed by atoms with E-state index in [1.54, 1.807) is 24.3 Å². The van der Waals surface area contributed by atoms with Crippen molar-refractivity contribution in [3.8, 4) is 0 Å². The van der Waals surface area contributed by atoms with Crippen LogP contribution in [0.1, 0.15) is 45.4 Å². The van der Waals surface area contributed by atoms with Gasteiger partial charge in [0, 0.05) is 18.4 Å². The number of hydrogen-bond acceptors (Lipinski definition) is 6. The molecule has 1 aromatic heterocycles. The van der Waals surface area contributed by atoms with Gasteiger partial charge in [-0.05, 0) is 31.9 Å². The van der Waals surface area contributed by atoms with Crippen molar-refractivity contribution in [1.82, 2.24) is 15.0 Å². The minimum atomic E-state index is -0.438. The molecular weight excluding hydrogens is 346 g/mol. The molecule has 0 amide bonds. The molecule has 0 saturated heterocycles. The normalized spacial score (nSPS) is 23.9. The fourth-order valence-corrected chi connectivity index (χ4v) is 4.61. The minimum Gasteiger partial charge on any atom is -0.460 e. The molecule has 7 nitrogen and oxygen atoms in total. The molecule has 27 heavy (non-hydrogen) atoms. The van der Waals surface area contributed by atoms with Gasteiger partial charge in [0.25, 0.3) is 5.56 Å². The summed E-state index contributed by atoms with van der Waals surface area (Å²) < 4.78 is 12.8. The Labute approximate surface area is 157 Å². The molecule has 144 valence electrons. The quantitative estimate of drug-likeness (QED) is 0.751. The molecule has 0 unspecified atom stereocenters. The van der Waals surface area contributed by atoms with Crippen LogP contribution in [-0.4, -0.2) is 39.8 Å². The maximum Gasteiger partial charge on any atom is 0.328 e. The van der Waals surface area contributed by atoms with Crippen molar-refractivity contribution >= 4 is 16.9 Å². The molecule has 0 bridgehead atoms. The van der Waals surface area contributed by atoms with Gasteiger partial charge >= 0.3 is 5.97 Å². The van der Waals surface area contributed by atoms with Crippen molar-refractivity contribution < 1.29 is 14.3 Å². The second kappa shape index (κ2) is 7.38. The van der Waals surface area contributed by atoms with Crippen molar-refractivity contribution in [2.75, 3.05) is 6.61 Å². The Bertz CT molecular complexity index is 888. The van der Waals surface area contributed by atoms with Gasteiger partial charge in [0.2, 0.25) is 0 Å². The molecular formula is C20H25N3O4. The van der Waals surface area contributed by atoms with Gasteiger partial charge in [-0.25, -0.2) is 0 Å². The Balaban J connectivity index is 1.47. The van der Waals surface area contributed by atoms with Crippen LogP contribution in [0.15, 0.2) is 29.1 Å². The van der Waals surface area contributed by atoms with E-state index in [-0.39, 0.29) is 29.7 Å². The summed E-state index contributed by atoms with van der Waals surface area (Å²) in [4.78, 5) is 25.0. The highest BCUT2D eigenvalue weighted by molar-refractivity contribution is 5.77. The van der Waals surface area contributed by atoms with Crippen LogP contribution in [0.25, 0.3) is 10.9 Å². The van der Waals surface area contributed by atoms with Crippen LogP contribution >= 0.6 is 0 Å². The van der Waals surface area contributed by atoms with Crippen LogP contribution in [0.3, 0.4) is 0 Å². The van der Waals surface area contributed by atoms with Crippen LogP contribution in [0.5, 0.6) is 0 Å². The van der Waals surface area contributed by atoms with Crippen molar-refractivity contribution in [2.24, 2.45) is 5.41 Å². The third kappa shape index (κ3) is 3.25. The van der Waals surface area contributed by atoms with Gasteiger partial charge in [-0.3, -0.25) is 9.59 Å². The topological polar surface area (TPSA) is 83.3 Å². The Kier molecular flexibility index (Phi) is 4.95. The van der Waals surface area contributed by atoms with Crippen molar-refractivity contribution in [1.29, 1.82) is 0 Å². The van der Waals surface area contributed by atoms with E-state index in [0.717, 1.165) is 36.8 Å². The van der Waals surface area contributed by atoms with Gasteiger partial charge in [-0.1, -0.05) is 36.6 Å². The smallest absolute Gasteiger partial charge is 0.328 e. The third-order valence-electron chi connectivity index (χ3n) is 6.04. The van der Waals surface area contributed by atoms with Crippen molar-refractivity contribution in [3.63, 3.8) is 0 Å². The number of benzene rings is 1. The van der Waals surface area contributed by atoms with E-state index in [1.165, 1.54) is 6.42 Å². The molecule has 1 spiro atoms. The van der Waals surface area contributed by atoms with Crippen molar-refractivity contribution in [3.05, 3.63) is 34.6 Å². The van der Waals surface area contributed by atoms with Crippen molar-refractivity contribution in [2.45, 2.75) is 64.2 Å². The molecule has 2 aliphatic rings. The summed E-state index contributed by atoms with van der Waals surface area (Å²) >= 11 is 0. The predicted octanol–water partition coefficient (Wildman–Crippen LogP) is 2.46. The largest absolute Gasteiger partial charge is 0.460 e. The molecule has 2 aliphatic carbocycles. The second-order valence-corrected chi connectivity index (χ2v) is 7.52.